The number of hydrogen-bond donors (Lipinski definition) is 2. The highest BCUT2D eigenvalue weighted by atomic mass is 32.2. The van der Waals surface area contributed by atoms with Crippen LogP contribution in [0, 0.1) is 11.3 Å². The number of para-hydroxylation sites is 1. The van der Waals surface area contributed by atoms with E-state index in [0.717, 1.165) is 53.9 Å². The van der Waals surface area contributed by atoms with Crippen molar-refractivity contribution >= 4 is 23.5 Å². The number of nitrogens with zero attached hydrogens (tertiary/aromatic N) is 5. The number of rotatable bonds is 7. The van der Waals surface area contributed by atoms with E-state index < -0.39 is 0 Å². The van der Waals surface area contributed by atoms with Crippen molar-refractivity contribution < 1.29 is 9.53 Å². The van der Waals surface area contributed by atoms with Crippen molar-refractivity contribution in [3.8, 4) is 28.9 Å². The predicted molar refractivity (Wildman–Crippen MR) is 139 cm³/mol. The van der Waals surface area contributed by atoms with E-state index in [1.165, 1.54) is 16.4 Å². The van der Waals surface area contributed by atoms with Gasteiger partial charge in [-0.3, -0.25) is 9.36 Å². The number of nitriles is 1. The number of nitrogens with two attached hydrogens (primary N) is 1. The summed E-state index contributed by atoms with van der Waals surface area (Å²) in [5, 5.41) is 21.7. The molecule has 3 N–H and O–H groups in total. The summed E-state index contributed by atoms with van der Waals surface area (Å²) in [5.74, 6) is 7.76. The van der Waals surface area contributed by atoms with Gasteiger partial charge in [0.1, 0.15) is 17.6 Å². The summed E-state index contributed by atoms with van der Waals surface area (Å²) in [5.41, 5.74) is 4.37. The number of nitrogen functional groups attached to an aromatic ring is 1. The first-order valence-electron chi connectivity index (χ1n) is 11.6. The molecule has 4 aromatic rings. The van der Waals surface area contributed by atoms with Crippen LogP contribution in [-0.4, -0.2) is 38.2 Å². The van der Waals surface area contributed by atoms with Gasteiger partial charge in [-0.1, -0.05) is 30.0 Å². The maximum atomic E-state index is 13.0. The lowest BCUT2D eigenvalue weighted by Gasteiger charge is -2.17. The summed E-state index contributed by atoms with van der Waals surface area (Å²) in [6, 6.07) is 19.5. The third-order valence-corrected chi connectivity index (χ3v) is 7.14. The van der Waals surface area contributed by atoms with Gasteiger partial charge in [0.2, 0.25) is 11.1 Å². The molecule has 0 radical (unpaired) electrons. The van der Waals surface area contributed by atoms with Crippen molar-refractivity contribution in [1.82, 2.24) is 19.4 Å². The second-order valence-electron chi connectivity index (χ2n) is 8.38. The van der Waals surface area contributed by atoms with E-state index in [4.69, 9.17) is 10.6 Å². The number of fused-ring (bicyclic) bond motifs is 1. The molecular weight excluding hydrogens is 474 g/mol. The average molecular weight is 500 g/mol. The van der Waals surface area contributed by atoms with Crippen molar-refractivity contribution in [1.29, 1.82) is 5.26 Å². The molecule has 0 spiro atoms. The highest BCUT2D eigenvalue weighted by Crippen LogP contribution is 2.35. The molecule has 0 unspecified atom stereocenters. The average Bonchev–Trinajstić information content (AvgIpc) is 3.44. The van der Waals surface area contributed by atoms with Gasteiger partial charge in [0.15, 0.2) is 5.82 Å². The zero-order valence-corrected chi connectivity index (χ0v) is 20.6. The third kappa shape index (κ3) is 4.41. The van der Waals surface area contributed by atoms with Crippen LogP contribution in [0.5, 0.6) is 5.75 Å². The minimum absolute atomic E-state index is 0.0629. The number of nitrogens with one attached hydrogen (secondary N) is 1. The van der Waals surface area contributed by atoms with Crippen molar-refractivity contribution in [3.05, 3.63) is 71.4 Å². The van der Waals surface area contributed by atoms with Crippen LogP contribution in [0.15, 0.2) is 59.8 Å². The fraction of sp³-hybridized carbons (Fsp3) is 0.231. The maximum absolute atomic E-state index is 13.0. The van der Waals surface area contributed by atoms with Crippen LogP contribution in [0.3, 0.4) is 0 Å². The zero-order valence-electron chi connectivity index (χ0n) is 19.8. The molecule has 0 fully saturated rings. The Labute approximate surface area is 212 Å². The first-order valence-corrected chi connectivity index (χ1v) is 12.6. The van der Waals surface area contributed by atoms with Gasteiger partial charge < -0.3 is 15.9 Å². The van der Waals surface area contributed by atoms with Crippen LogP contribution in [-0.2, 0) is 17.6 Å². The molecule has 1 aliphatic rings. The predicted octanol–water partition coefficient (Wildman–Crippen LogP) is 3.94. The molecule has 2 aromatic heterocycles. The number of amides is 1. The molecular formula is C26H25N7O2S. The maximum Gasteiger partial charge on any atom is 0.236 e. The smallest absolute Gasteiger partial charge is 0.236 e. The van der Waals surface area contributed by atoms with Crippen LogP contribution >= 0.6 is 11.8 Å². The zero-order chi connectivity index (χ0) is 25.1. The van der Waals surface area contributed by atoms with E-state index in [-0.39, 0.29) is 11.7 Å². The first-order chi connectivity index (χ1) is 17.6. The highest BCUT2D eigenvalue weighted by Gasteiger charge is 2.27. The van der Waals surface area contributed by atoms with Gasteiger partial charge in [-0.15, -0.1) is 10.2 Å². The highest BCUT2D eigenvalue weighted by molar-refractivity contribution is 7.99. The standard InChI is InChI=1S/C26H25N7O2S/c1-35-19-13-11-17(12-14-19)24-30-31-26(33(24)28)36-16-23(34)29-25-21(15-27)20-9-5-6-10-22(20)32(25)18-7-3-2-4-8-18/h2-4,7-8,11-14H,5-6,9-10,16,28H2,1H3,(H,29,34). The fourth-order valence-electron chi connectivity index (χ4n) is 4.51. The Hall–Kier alpha value is -4.23. The van der Waals surface area contributed by atoms with Gasteiger partial charge >= 0.3 is 0 Å². The Balaban J connectivity index is 1.36. The molecule has 0 aliphatic heterocycles. The molecule has 0 bridgehead atoms. The van der Waals surface area contributed by atoms with Gasteiger partial charge in [0.25, 0.3) is 0 Å². The van der Waals surface area contributed by atoms with Gasteiger partial charge in [0, 0.05) is 16.9 Å². The van der Waals surface area contributed by atoms with E-state index in [1.807, 2.05) is 59.2 Å². The van der Waals surface area contributed by atoms with Gasteiger partial charge in [-0.2, -0.15) is 5.26 Å². The Morgan fingerprint density at radius 1 is 1.14 bits per heavy atom. The molecule has 2 aromatic carbocycles. The number of thioether (sulfide) groups is 1. The van der Waals surface area contributed by atoms with E-state index in [1.54, 1.807) is 7.11 Å². The Bertz CT molecular complexity index is 1440. The fourth-order valence-corrected chi connectivity index (χ4v) is 5.16. The molecule has 10 heteroatoms. The van der Waals surface area contributed by atoms with Gasteiger partial charge in [-0.05, 0) is 67.6 Å². The van der Waals surface area contributed by atoms with Crippen molar-refractivity contribution in [2.75, 3.05) is 24.0 Å². The monoisotopic (exact) mass is 499 g/mol. The molecule has 36 heavy (non-hydrogen) atoms. The topological polar surface area (TPSA) is 124 Å². The molecule has 0 atom stereocenters. The Morgan fingerprint density at radius 3 is 2.61 bits per heavy atom. The normalized spacial score (nSPS) is 12.6. The van der Waals surface area contributed by atoms with Gasteiger partial charge in [0.05, 0.1) is 18.4 Å². The second-order valence-corrected chi connectivity index (χ2v) is 9.32. The summed E-state index contributed by atoms with van der Waals surface area (Å²) < 4.78 is 8.57. The lowest BCUT2D eigenvalue weighted by molar-refractivity contribution is -0.113. The van der Waals surface area contributed by atoms with Crippen LogP contribution in [0.1, 0.15) is 29.7 Å². The molecule has 0 saturated carbocycles. The van der Waals surface area contributed by atoms with Crippen LogP contribution in [0.2, 0.25) is 0 Å². The van der Waals surface area contributed by atoms with Gasteiger partial charge in [-0.25, -0.2) is 4.68 Å². The number of anilines is 1. The summed E-state index contributed by atoms with van der Waals surface area (Å²) in [4.78, 5) is 13.0. The quantitative estimate of drug-likeness (QED) is 0.292. The van der Waals surface area contributed by atoms with Crippen molar-refractivity contribution in [2.45, 2.75) is 30.8 Å². The summed E-state index contributed by atoms with van der Waals surface area (Å²) in [6.45, 7) is 0. The number of methoxy groups -OCH3 is 1. The molecule has 0 saturated heterocycles. The van der Waals surface area contributed by atoms with E-state index in [2.05, 4.69) is 21.6 Å². The first kappa shape index (κ1) is 23.5. The summed E-state index contributed by atoms with van der Waals surface area (Å²) in [7, 11) is 1.60. The molecule has 2 heterocycles. The van der Waals surface area contributed by atoms with Crippen LogP contribution < -0.4 is 15.9 Å². The van der Waals surface area contributed by atoms with Crippen LogP contribution in [0.4, 0.5) is 5.82 Å². The molecule has 182 valence electrons. The number of ether oxygens (including phenoxy) is 1. The number of carbonyl (C=O) groups is 1. The summed E-state index contributed by atoms with van der Waals surface area (Å²) in [6.07, 6.45) is 3.79. The number of benzene rings is 2. The lowest BCUT2D eigenvalue weighted by Crippen LogP contribution is -2.19. The second kappa shape index (κ2) is 10.2. The number of carbonyl (C=O) groups excluding carboxylic acids is 1. The van der Waals surface area contributed by atoms with E-state index >= 15 is 0 Å². The molecule has 5 rings (SSSR count). The molecule has 9 nitrogen and oxygen atoms in total. The Morgan fingerprint density at radius 2 is 1.89 bits per heavy atom. The largest absolute Gasteiger partial charge is 0.497 e. The minimum Gasteiger partial charge on any atom is -0.497 e. The minimum atomic E-state index is -0.252. The van der Waals surface area contributed by atoms with Crippen molar-refractivity contribution in [2.24, 2.45) is 0 Å². The Kier molecular flexibility index (Phi) is 6.64. The lowest BCUT2D eigenvalue weighted by atomic mass is 9.95. The molecule has 1 aliphatic carbocycles. The molecule has 1 amide bonds. The van der Waals surface area contributed by atoms with Crippen molar-refractivity contribution in [3.63, 3.8) is 0 Å². The number of aromatic nitrogens is 4. The number of hydrogen-bond acceptors (Lipinski definition) is 7. The third-order valence-electron chi connectivity index (χ3n) is 6.20. The van der Waals surface area contributed by atoms with E-state index in [9.17, 15) is 10.1 Å². The summed E-state index contributed by atoms with van der Waals surface area (Å²) >= 11 is 1.18. The van der Waals surface area contributed by atoms with E-state index in [0.29, 0.717) is 22.4 Å². The van der Waals surface area contributed by atoms with Crippen LogP contribution in [0.25, 0.3) is 17.1 Å². The SMILES string of the molecule is COc1ccc(-c2nnc(SCC(=O)Nc3c(C#N)c4c(n3-c3ccccc3)CCCC4)n2N)cc1.